The zero-order valence-electron chi connectivity index (χ0n) is 26.7. The van der Waals surface area contributed by atoms with Crippen molar-refractivity contribution in [2.24, 2.45) is 5.41 Å². The number of carbonyl (C=O) groups excluding carboxylic acids is 2. The second kappa shape index (κ2) is 14.3. The highest BCUT2D eigenvalue weighted by Gasteiger charge is 2.53. The van der Waals surface area contributed by atoms with Gasteiger partial charge >= 0.3 is 11.9 Å². The summed E-state index contributed by atoms with van der Waals surface area (Å²) < 4.78 is 43.9. The van der Waals surface area contributed by atoms with Gasteiger partial charge in [-0.05, 0) is 56.0 Å². The van der Waals surface area contributed by atoms with Crippen LogP contribution in [0.4, 0.5) is 0 Å². The Bertz CT molecular complexity index is 1460. The molecule has 9 nitrogen and oxygen atoms in total. The molecule has 9 heteroatoms. The van der Waals surface area contributed by atoms with E-state index in [2.05, 4.69) is 43.0 Å². The summed E-state index contributed by atoms with van der Waals surface area (Å²) in [6, 6.07) is 14.7. The van der Waals surface area contributed by atoms with E-state index in [0.717, 1.165) is 12.0 Å². The quantitative estimate of drug-likeness (QED) is 0.215. The van der Waals surface area contributed by atoms with Crippen LogP contribution in [0.25, 0.3) is 10.8 Å². The van der Waals surface area contributed by atoms with Crippen molar-refractivity contribution in [1.82, 2.24) is 0 Å². The molecule has 9 atom stereocenters. The third-order valence-electron chi connectivity index (χ3n) is 8.87. The highest BCUT2D eigenvalue weighted by molar-refractivity contribution is 5.88. The molecule has 0 saturated carbocycles. The van der Waals surface area contributed by atoms with Crippen molar-refractivity contribution in [3.63, 3.8) is 0 Å². The second-order valence-corrected chi connectivity index (χ2v) is 13.4. The number of esters is 2. The van der Waals surface area contributed by atoms with Crippen molar-refractivity contribution in [2.45, 2.75) is 102 Å². The van der Waals surface area contributed by atoms with Crippen molar-refractivity contribution < 1.29 is 42.7 Å². The molecular weight excluding hydrogens is 588 g/mol. The standard InChI is InChI=1S/C37H44O9/c1-5-10-27-26(41-22-32(38)46-36(39)37(2,3)4)16-17-28-30(43-27)20-31-34(45-28)35(33-29(44-31)13-8-9-18-40-33)42-21-23-14-15-24-11-6-7-12-25(24)19-23/h5-9,11-12,14-17,19,26-31,33-35H,1,10,13,18,20-22H2,2-4H3/t26-,27+,28+,29-,30-,31+,33-,34+,35+/m0/s1. The van der Waals surface area contributed by atoms with Crippen LogP contribution in [0.15, 0.2) is 79.4 Å². The Hall–Kier alpha value is -3.18. The molecule has 2 saturated heterocycles. The Morgan fingerprint density at radius 2 is 1.76 bits per heavy atom. The van der Waals surface area contributed by atoms with Crippen molar-refractivity contribution in [2.75, 3.05) is 13.2 Å². The molecule has 2 aromatic carbocycles. The fourth-order valence-corrected chi connectivity index (χ4v) is 6.46. The van der Waals surface area contributed by atoms with Gasteiger partial charge in [-0.25, -0.2) is 4.79 Å². The van der Waals surface area contributed by atoms with Crippen LogP contribution in [0.5, 0.6) is 0 Å². The first kappa shape index (κ1) is 32.7. The topological polar surface area (TPSA) is 98.8 Å². The fourth-order valence-electron chi connectivity index (χ4n) is 6.46. The van der Waals surface area contributed by atoms with Crippen molar-refractivity contribution in [3.05, 3.63) is 85.0 Å². The van der Waals surface area contributed by atoms with Gasteiger partial charge in [0.2, 0.25) is 0 Å². The van der Waals surface area contributed by atoms with E-state index in [-0.39, 0.29) is 36.6 Å². The van der Waals surface area contributed by atoms with E-state index in [1.165, 1.54) is 10.8 Å². The molecule has 0 aromatic heterocycles. The number of ether oxygens (including phenoxy) is 7. The molecule has 0 amide bonds. The first-order chi connectivity index (χ1) is 22.2. The van der Waals surface area contributed by atoms with Gasteiger partial charge in [0.05, 0.1) is 43.0 Å². The average Bonchev–Trinajstić information content (AvgIpc) is 3.37. The average molecular weight is 633 g/mol. The number of hydrogen-bond donors (Lipinski definition) is 0. The fraction of sp³-hybridized carbons (Fsp3) is 0.514. The third-order valence-corrected chi connectivity index (χ3v) is 8.87. The number of carbonyl (C=O) groups is 2. The smallest absolute Gasteiger partial charge is 0.339 e. The number of benzene rings is 2. The van der Waals surface area contributed by atoms with Gasteiger partial charge in [0, 0.05) is 6.42 Å². The molecule has 46 heavy (non-hydrogen) atoms. The Morgan fingerprint density at radius 3 is 2.57 bits per heavy atom. The summed E-state index contributed by atoms with van der Waals surface area (Å²) in [6.45, 7) is 9.45. The highest BCUT2D eigenvalue weighted by Crippen LogP contribution is 2.39. The molecule has 0 aliphatic carbocycles. The molecule has 2 fully saturated rings. The Labute approximate surface area is 270 Å². The van der Waals surface area contributed by atoms with Gasteiger partial charge in [0.15, 0.2) is 0 Å². The second-order valence-electron chi connectivity index (χ2n) is 13.4. The maximum atomic E-state index is 12.4. The largest absolute Gasteiger partial charge is 0.391 e. The van der Waals surface area contributed by atoms with Crippen molar-refractivity contribution >= 4 is 22.7 Å². The van der Waals surface area contributed by atoms with Crippen LogP contribution in [0.1, 0.15) is 45.6 Å². The van der Waals surface area contributed by atoms with Gasteiger partial charge in [0.25, 0.3) is 0 Å². The monoisotopic (exact) mass is 632 g/mol. The van der Waals surface area contributed by atoms with Crippen LogP contribution in [-0.2, 0) is 49.4 Å². The highest BCUT2D eigenvalue weighted by atomic mass is 16.6. The number of rotatable bonds is 8. The third kappa shape index (κ3) is 7.51. The summed E-state index contributed by atoms with van der Waals surface area (Å²) in [5.74, 6) is -1.35. The van der Waals surface area contributed by atoms with Gasteiger partial charge in [-0.1, -0.05) is 66.8 Å². The van der Waals surface area contributed by atoms with Crippen LogP contribution < -0.4 is 0 Å². The summed E-state index contributed by atoms with van der Waals surface area (Å²) in [7, 11) is 0. The lowest BCUT2D eigenvalue weighted by Gasteiger charge is -2.50. The SMILES string of the molecule is C=CC[C@H]1O[C@H]2C[C@H]3O[C@H]4CC=CCO[C@@H]4[C@@H](OCc4ccc5ccccc5c4)[C@@H]3O[C@@H]2C=C[C@@H]1OCC(=O)OC(=O)C(C)(C)C. The van der Waals surface area contributed by atoms with Gasteiger partial charge in [-0.2, -0.15) is 0 Å². The first-order valence-corrected chi connectivity index (χ1v) is 16.2. The Balaban J connectivity index is 1.17. The van der Waals surface area contributed by atoms with Crippen LogP contribution in [-0.4, -0.2) is 80.1 Å². The lowest BCUT2D eigenvalue weighted by molar-refractivity contribution is -0.295. The molecule has 0 radical (unpaired) electrons. The lowest BCUT2D eigenvalue weighted by Crippen LogP contribution is -2.64. The molecule has 0 N–H and O–H groups in total. The molecule has 6 rings (SSSR count). The molecule has 0 bridgehead atoms. The zero-order chi connectivity index (χ0) is 32.3. The molecular formula is C37H44O9. The number of hydrogen-bond acceptors (Lipinski definition) is 9. The first-order valence-electron chi connectivity index (χ1n) is 16.2. The Kier molecular flexibility index (Phi) is 10.2. The van der Waals surface area contributed by atoms with E-state index in [0.29, 0.717) is 26.1 Å². The van der Waals surface area contributed by atoms with Crippen molar-refractivity contribution in [1.29, 1.82) is 0 Å². The minimum atomic E-state index is -0.798. The predicted octanol–water partition coefficient (Wildman–Crippen LogP) is 5.40. The maximum Gasteiger partial charge on any atom is 0.339 e. The summed E-state index contributed by atoms with van der Waals surface area (Å²) in [4.78, 5) is 24.6. The summed E-state index contributed by atoms with van der Waals surface area (Å²) in [6.07, 6.45) is 8.29. The van der Waals surface area contributed by atoms with Crippen LogP contribution in [0.2, 0.25) is 0 Å². The minimum Gasteiger partial charge on any atom is -0.391 e. The molecule has 4 heterocycles. The van der Waals surface area contributed by atoms with E-state index >= 15 is 0 Å². The zero-order valence-corrected chi connectivity index (χ0v) is 26.7. The molecule has 2 aromatic rings. The van der Waals surface area contributed by atoms with Crippen molar-refractivity contribution in [3.8, 4) is 0 Å². The van der Waals surface area contributed by atoms with E-state index in [1.807, 2.05) is 30.4 Å². The van der Waals surface area contributed by atoms with E-state index < -0.39 is 42.3 Å². The molecule has 0 spiro atoms. The summed E-state index contributed by atoms with van der Waals surface area (Å²) in [5, 5.41) is 2.35. The molecule has 4 aliphatic rings. The van der Waals surface area contributed by atoms with E-state index in [1.54, 1.807) is 26.8 Å². The van der Waals surface area contributed by atoms with Gasteiger partial charge in [-0.15, -0.1) is 6.58 Å². The minimum absolute atomic E-state index is 0.176. The van der Waals surface area contributed by atoms with Crippen LogP contribution in [0, 0.1) is 5.41 Å². The normalized spacial score (nSPS) is 32.4. The maximum absolute atomic E-state index is 12.4. The van der Waals surface area contributed by atoms with E-state index in [4.69, 9.17) is 33.2 Å². The van der Waals surface area contributed by atoms with E-state index in [9.17, 15) is 9.59 Å². The lowest BCUT2D eigenvalue weighted by atomic mass is 9.87. The van der Waals surface area contributed by atoms with Crippen LogP contribution in [0.3, 0.4) is 0 Å². The van der Waals surface area contributed by atoms with Gasteiger partial charge in [-0.3, -0.25) is 4.79 Å². The number of fused-ring (bicyclic) bond motifs is 4. The van der Waals surface area contributed by atoms with Gasteiger partial charge in [0.1, 0.15) is 37.1 Å². The summed E-state index contributed by atoms with van der Waals surface area (Å²) >= 11 is 0. The molecule has 246 valence electrons. The molecule has 0 unspecified atom stereocenters. The predicted molar refractivity (Wildman–Crippen MR) is 171 cm³/mol. The molecule has 4 aliphatic heterocycles. The Morgan fingerprint density at radius 1 is 0.935 bits per heavy atom. The van der Waals surface area contributed by atoms with Crippen LogP contribution >= 0.6 is 0 Å². The van der Waals surface area contributed by atoms with Gasteiger partial charge < -0.3 is 33.2 Å². The summed E-state index contributed by atoms with van der Waals surface area (Å²) in [5.41, 5.74) is 0.277.